The fraction of sp³-hybridized carbons (Fsp3) is 0.450. The fourth-order valence-corrected chi connectivity index (χ4v) is 5.02. The molecule has 33 heavy (non-hydrogen) atoms. The molecule has 1 atom stereocenters. The van der Waals surface area contributed by atoms with Gasteiger partial charge in [0.05, 0.1) is 11.3 Å². The Bertz CT molecular complexity index is 1170. The van der Waals surface area contributed by atoms with E-state index in [-0.39, 0.29) is 32.6 Å². The lowest BCUT2D eigenvalue weighted by Crippen LogP contribution is -2.44. The van der Waals surface area contributed by atoms with Gasteiger partial charge in [-0.25, -0.2) is 9.97 Å². The summed E-state index contributed by atoms with van der Waals surface area (Å²) in [5, 5.41) is 13.3. The number of aliphatic hydroxyl groups excluding tert-OH is 1. The van der Waals surface area contributed by atoms with E-state index in [0.29, 0.717) is 38.3 Å². The minimum Gasteiger partial charge on any atom is -0.397 e. The number of aryl methyl sites for hydroxylation is 1. The quantitative estimate of drug-likeness (QED) is 0.421. The summed E-state index contributed by atoms with van der Waals surface area (Å²) in [6.45, 7) is 1.29. The monoisotopic (exact) mass is 483 g/mol. The molecule has 0 spiro atoms. The second kappa shape index (κ2) is 8.80. The number of aliphatic hydroxyl groups is 1. The molecule has 9 nitrogen and oxygen atoms in total. The predicted octanol–water partition coefficient (Wildman–Crippen LogP) is 2.02. The van der Waals surface area contributed by atoms with Crippen molar-refractivity contribution in [1.82, 2.24) is 19.9 Å². The molecule has 1 aliphatic heterocycles. The lowest BCUT2D eigenvalue weighted by atomic mass is 10.0. The van der Waals surface area contributed by atoms with Crippen LogP contribution in [0.5, 0.6) is 0 Å². The molecule has 13 heteroatoms. The van der Waals surface area contributed by atoms with E-state index < -0.39 is 23.8 Å². The van der Waals surface area contributed by atoms with E-state index in [1.807, 2.05) is 0 Å². The van der Waals surface area contributed by atoms with Gasteiger partial charge in [-0.1, -0.05) is 0 Å². The van der Waals surface area contributed by atoms with Gasteiger partial charge in [0.2, 0.25) is 0 Å². The second-order valence-corrected chi connectivity index (χ2v) is 9.00. The molecule has 0 aliphatic carbocycles. The van der Waals surface area contributed by atoms with Gasteiger partial charge in [0.15, 0.2) is 0 Å². The maximum Gasteiger partial charge on any atom is 0.417 e. The number of nitrogens with one attached hydrogen (secondary N) is 1. The number of aromatic nitrogens is 3. The van der Waals surface area contributed by atoms with Gasteiger partial charge in [-0.2, -0.15) is 13.2 Å². The number of imidazole rings is 1. The molecular formula is C20H24F3N7O2S. The first-order valence-corrected chi connectivity index (χ1v) is 11.1. The van der Waals surface area contributed by atoms with E-state index in [2.05, 4.69) is 15.3 Å². The summed E-state index contributed by atoms with van der Waals surface area (Å²) in [5.74, 6) is -0.147. The summed E-state index contributed by atoms with van der Waals surface area (Å²) in [5.41, 5.74) is 9.85. The third kappa shape index (κ3) is 4.61. The number of piperidine rings is 1. The first-order chi connectivity index (χ1) is 15.6. The number of hydrogen-bond donors (Lipinski definition) is 4. The Kier molecular flexibility index (Phi) is 6.20. The van der Waals surface area contributed by atoms with E-state index in [0.717, 1.165) is 17.4 Å². The number of anilines is 2. The van der Waals surface area contributed by atoms with Crippen molar-refractivity contribution in [3.8, 4) is 0 Å². The number of hydrogen-bond acceptors (Lipinski definition) is 8. The number of halogens is 3. The van der Waals surface area contributed by atoms with Crippen LogP contribution < -0.4 is 21.7 Å². The number of carbonyl (C=O) groups is 1. The number of nitrogen functional groups attached to an aromatic ring is 1. The number of primary amides is 1. The van der Waals surface area contributed by atoms with Crippen molar-refractivity contribution in [2.75, 3.05) is 30.3 Å². The molecule has 178 valence electrons. The maximum atomic E-state index is 13.8. The lowest BCUT2D eigenvalue weighted by Gasteiger charge is -2.34. The first-order valence-electron chi connectivity index (χ1n) is 10.3. The molecule has 3 aromatic heterocycles. The molecule has 0 bridgehead atoms. The largest absolute Gasteiger partial charge is 0.417 e. The average molecular weight is 484 g/mol. The van der Waals surface area contributed by atoms with Gasteiger partial charge in [0.1, 0.15) is 27.5 Å². The van der Waals surface area contributed by atoms with Crippen LogP contribution in [-0.4, -0.2) is 51.2 Å². The Hall–Kier alpha value is -2.90. The van der Waals surface area contributed by atoms with Gasteiger partial charge in [-0.15, -0.1) is 11.3 Å². The Morgan fingerprint density at radius 3 is 2.67 bits per heavy atom. The molecule has 1 saturated heterocycles. The highest BCUT2D eigenvalue weighted by Crippen LogP contribution is 2.43. The molecule has 1 aliphatic rings. The highest BCUT2D eigenvalue weighted by Gasteiger charge is 2.37. The Morgan fingerprint density at radius 1 is 1.39 bits per heavy atom. The van der Waals surface area contributed by atoms with E-state index >= 15 is 0 Å². The summed E-state index contributed by atoms with van der Waals surface area (Å²) in [7, 11) is 1.80. The zero-order chi connectivity index (χ0) is 23.9. The third-order valence-corrected chi connectivity index (χ3v) is 6.90. The van der Waals surface area contributed by atoms with Crippen LogP contribution in [-0.2, 0) is 13.2 Å². The molecule has 0 radical (unpaired) electrons. The smallest absolute Gasteiger partial charge is 0.397 e. The molecule has 4 heterocycles. The van der Waals surface area contributed by atoms with Gasteiger partial charge >= 0.3 is 6.18 Å². The number of fused-ring (bicyclic) bond motifs is 1. The van der Waals surface area contributed by atoms with Gasteiger partial charge in [0, 0.05) is 50.5 Å². The minimum absolute atomic E-state index is 0.0320. The number of alkyl halides is 3. The van der Waals surface area contributed by atoms with Crippen molar-refractivity contribution in [3.05, 3.63) is 34.7 Å². The zero-order valence-corrected chi connectivity index (χ0v) is 18.6. The van der Waals surface area contributed by atoms with Crippen molar-refractivity contribution in [2.45, 2.75) is 31.2 Å². The third-order valence-electron chi connectivity index (χ3n) is 5.79. The molecule has 1 amide bonds. The standard InChI is InChI=1S/C20H24F3N7O2S/c1-29-7-4-26-18(29)12(31)9-27-10-2-5-30(6-3-10)13-8-11(20(21,22)23)14-15(24)16(17(25)32)33-19(14)28-13/h4,7-8,10,12,27,31H,2-3,5-6,9,24H2,1H3,(H2,25,32). The van der Waals surface area contributed by atoms with Crippen LogP contribution in [0.25, 0.3) is 10.2 Å². The summed E-state index contributed by atoms with van der Waals surface area (Å²) in [6.07, 6.45) is -0.736. The zero-order valence-electron chi connectivity index (χ0n) is 17.8. The van der Waals surface area contributed by atoms with E-state index in [1.54, 1.807) is 28.9 Å². The summed E-state index contributed by atoms with van der Waals surface area (Å²) >= 11 is 0.767. The highest BCUT2D eigenvalue weighted by atomic mass is 32.1. The number of pyridine rings is 1. The average Bonchev–Trinajstić information content (AvgIpc) is 3.34. The number of rotatable bonds is 6. The van der Waals surface area contributed by atoms with Crippen molar-refractivity contribution in [1.29, 1.82) is 0 Å². The van der Waals surface area contributed by atoms with Crippen LogP contribution in [0.4, 0.5) is 24.7 Å². The number of nitrogens with zero attached hydrogens (tertiary/aromatic N) is 4. The van der Waals surface area contributed by atoms with Crippen molar-refractivity contribution in [3.63, 3.8) is 0 Å². The summed E-state index contributed by atoms with van der Waals surface area (Å²) < 4.78 is 43.1. The fourth-order valence-electron chi connectivity index (χ4n) is 4.06. The molecule has 1 unspecified atom stereocenters. The number of thiophene rings is 1. The van der Waals surface area contributed by atoms with Crippen LogP contribution in [0.15, 0.2) is 18.5 Å². The molecule has 6 N–H and O–H groups in total. The molecule has 0 aromatic carbocycles. The van der Waals surface area contributed by atoms with Crippen LogP contribution in [0.2, 0.25) is 0 Å². The normalized spacial score (nSPS) is 16.5. The molecular weight excluding hydrogens is 459 g/mol. The topological polar surface area (TPSA) is 135 Å². The molecule has 1 fully saturated rings. The highest BCUT2D eigenvalue weighted by molar-refractivity contribution is 7.21. The van der Waals surface area contributed by atoms with Gasteiger partial charge in [-0.05, 0) is 18.9 Å². The number of amides is 1. The molecule has 4 rings (SSSR count). The van der Waals surface area contributed by atoms with Crippen LogP contribution in [0.1, 0.15) is 40.0 Å². The van der Waals surface area contributed by atoms with Crippen molar-refractivity contribution in [2.24, 2.45) is 12.8 Å². The Morgan fingerprint density at radius 2 is 2.09 bits per heavy atom. The van der Waals surface area contributed by atoms with Gasteiger partial charge < -0.3 is 31.4 Å². The van der Waals surface area contributed by atoms with E-state index in [1.165, 1.54) is 0 Å². The van der Waals surface area contributed by atoms with E-state index in [9.17, 15) is 23.1 Å². The Balaban J connectivity index is 1.49. The maximum absolute atomic E-state index is 13.8. The second-order valence-electron chi connectivity index (χ2n) is 8.00. The van der Waals surface area contributed by atoms with E-state index in [4.69, 9.17) is 11.5 Å². The summed E-state index contributed by atoms with van der Waals surface area (Å²) in [6, 6.07) is 1.08. The van der Waals surface area contributed by atoms with Gasteiger partial charge in [-0.3, -0.25) is 4.79 Å². The lowest BCUT2D eigenvalue weighted by molar-refractivity contribution is -0.136. The first kappa shape index (κ1) is 23.3. The van der Waals surface area contributed by atoms with Crippen molar-refractivity contribution >= 4 is 39.0 Å². The number of carbonyl (C=O) groups excluding carboxylic acids is 1. The SMILES string of the molecule is Cn1ccnc1C(O)CNC1CCN(c2cc(C(F)(F)F)c3c(N)c(C(N)=O)sc3n2)CC1. The Labute approximate surface area is 191 Å². The van der Waals surface area contributed by atoms with Crippen LogP contribution >= 0.6 is 11.3 Å². The number of nitrogens with two attached hydrogens (primary N) is 2. The minimum atomic E-state index is -4.67. The summed E-state index contributed by atoms with van der Waals surface area (Å²) in [4.78, 5) is 21.8. The molecule has 0 saturated carbocycles. The molecule has 3 aromatic rings. The van der Waals surface area contributed by atoms with Gasteiger partial charge in [0.25, 0.3) is 5.91 Å². The van der Waals surface area contributed by atoms with Crippen LogP contribution in [0.3, 0.4) is 0 Å². The van der Waals surface area contributed by atoms with Crippen molar-refractivity contribution < 1.29 is 23.1 Å². The van der Waals surface area contributed by atoms with Crippen LogP contribution in [0, 0.1) is 0 Å². The predicted molar refractivity (Wildman–Crippen MR) is 119 cm³/mol.